The van der Waals surface area contributed by atoms with Gasteiger partial charge in [-0.2, -0.15) is 0 Å². The van der Waals surface area contributed by atoms with Gasteiger partial charge in [-0.1, -0.05) is 67.2 Å². The van der Waals surface area contributed by atoms with Gasteiger partial charge in [0.25, 0.3) is 0 Å². The summed E-state index contributed by atoms with van der Waals surface area (Å²) in [5, 5.41) is 0. The summed E-state index contributed by atoms with van der Waals surface area (Å²) in [6, 6.07) is 0. The summed E-state index contributed by atoms with van der Waals surface area (Å²) in [4.78, 5) is 11.8. The van der Waals surface area contributed by atoms with E-state index in [9.17, 15) is 4.79 Å². The Morgan fingerprint density at radius 1 is 0.600 bits per heavy atom. The summed E-state index contributed by atoms with van der Waals surface area (Å²) < 4.78 is 0. The third-order valence-corrected chi connectivity index (χ3v) is 3.76. The molecule has 0 aromatic heterocycles. The Morgan fingerprint density at radius 2 is 0.950 bits per heavy atom. The molecule has 0 atom stereocenters. The second-order valence-corrected chi connectivity index (χ2v) is 8.78. The van der Waals surface area contributed by atoms with E-state index in [1.54, 1.807) is 0 Å². The van der Waals surface area contributed by atoms with Gasteiger partial charge >= 0.3 is 0 Å². The van der Waals surface area contributed by atoms with Crippen molar-refractivity contribution in [3.8, 4) is 0 Å². The van der Waals surface area contributed by atoms with Crippen LogP contribution in [0.2, 0.25) is 0 Å². The summed E-state index contributed by atoms with van der Waals surface area (Å²) in [7, 11) is 0. The molecule has 0 rings (SSSR count). The Hall–Kier alpha value is -0.330. The van der Waals surface area contributed by atoms with Crippen LogP contribution in [0.3, 0.4) is 0 Å². The molecule has 0 unspecified atom stereocenters. The zero-order valence-electron chi connectivity index (χ0n) is 15.0. The Balaban J connectivity index is 3.38. The van der Waals surface area contributed by atoms with Crippen LogP contribution in [0, 0.1) is 10.8 Å². The molecule has 0 aliphatic carbocycles. The van der Waals surface area contributed by atoms with Gasteiger partial charge in [0.1, 0.15) is 5.78 Å². The minimum absolute atomic E-state index is 0.442. The number of Topliss-reactive ketones (excluding diaryl/α,β-unsaturated/α-hetero) is 1. The first-order valence-corrected chi connectivity index (χ1v) is 8.62. The van der Waals surface area contributed by atoms with Gasteiger partial charge in [0.05, 0.1) is 0 Å². The van der Waals surface area contributed by atoms with Gasteiger partial charge in [0, 0.05) is 12.8 Å². The average molecular weight is 283 g/mol. The Labute approximate surface area is 127 Å². The Kier molecular flexibility index (Phi) is 9.42. The largest absolute Gasteiger partial charge is 0.300 e. The van der Waals surface area contributed by atoms with Gasteiger partial charge in [-0.3, -0.25) is 4.79 Å². The third-order valence-electron chi connectivity index (χ3n) is 3.76. The lowest BCUT2D eigenvalue weighted by molar-refractivity contribution is -0.119. The van der Waals surface area contributed by atoms with Crippen molar-refractivity contribution in [2.45, 2.75) is 106 Å². The summed E-state index contributed by atoms with van der Waals surface area (Å²) in [6.07, 6.45) is 11.3. The van der Waals surface area contributed by atoms with Crippen LogP contribution in [0.1, 0.15) is 106 Å². The van der Waals surface area contributed by atoms with Gasteiger partial charge in [0.15, 0.2) is 0 Å². The van der Waals surface area contributed by atoms with Crippen molar-refractivity contribution in [3.63, 3.8) is 0 Å². The minimum atomic E-state index is 0.442. The van der Waals surface area contributed by atoms with Crippen LogP contribution in [0.15, 0.2) is 0 Å². The number of carbonyl (C=O) groups is 1. The smallest absolute Gasteiger partial charge is 0.132 e. The standard InChI is InChI=1S/C19H38O/c1-18(2,3)15-11-7-9-13-17(20)14-10-8-12-16-19(4,5)6/h7-16H2,1-6H3. The zero-order chi connectivity index (χ0) is 15.6. The molecule has 0 N–H and O–H groups in total. The molecule has 20 heavy (non-hydrogen) atoms. The van der Waals surface area contributed by atoms with Crippen molar-refractivity contribution in [1.82, 2.24) is 0 Å². The van der Waals surface area contributed by atoms with Gasteiger partial charge < -0.3 is 0 Å². The lowest BCUT2D eigenvalue weighted by atomic mass is 9.89. The van der Waals surface area contributed by atoms with E-state index < -0.39 is 0 Å². The molecule has 0 saturated carbocycles. The van der Waals surface area contributed by atoms with Crippen LogP contribution < -0.4 is 0 Å². The van der Waals surface area contributed by atoms with Crippen molar-refractivity contribution in [3.05, 3.63) is 0 Å². The van der Waals surface area contributed by atoms with E-state index in [-0.39, 0.29) is 0 Å². The number of unbranched alkanes of at least 4 members (excludes halogenated alkanes) is 4. The highest BCUT2D eigenvalue weighted by Crippen LogP contribution is 2.23. The van der Waals surface area contributed by atoms with Crippen molar-refractivity contribution in [1.29, 1.82) is 0 Å². The highest BCUT2D eigenvalue weighted by atomic mass is 16.1. The molecule has 0 heterocycles. The molecule has 0 aliphatic rings. The summed E-state index contributed by atoms with van der Waals surface area (Å²) in [5.41, 5.74) is 0.883. The van der Waals surface area contributed by atoms with Gasteiger partial charge in [-0.15, -0.1) is 0 Å². The monoisotopic (exact) mass is 282 g/mol. The molecule has 0 fully saturated rings. The number of rotatable bonds is 10. The molecule has 1 nitrogen and oxygen atoms in total. The highest BCUT2D eigenvalue weighted by molar-refractivity contribution is 5.78. The summed E-state index contributed by atoms with van der Waals surface area (Å²) in [5.74, 6) is 0.483. The number of ketones is 1. The Bertz CT molecular complexity index is 226. The second kappa shape index (κ2) is 9.58. The summed E-state index contributed by atoms with van der Waals surface area (Å²) >= 11 is 0. The first kappa shape index (κ1) is 19.7. The number of hydrogen-bond donors (Lipinski definition) is 0. The molecule has 1 heteroatoms. The van der Waals surface area contributed by atoms with Crippen LogP contribution in [-0.4, -0.2) is 5.78 Å². The van der Waals surface area contributed by atoms with Crippen LogP contribution in [-0.2, 0) is 4.79 Å². The van der Waals surface area contributed by atoms with Crippen LogP contribution in [0.25, 0.3) is 0 Å². The fourth-order valence-electron chi connectivity index (χ4n) is 2.43. The van der Waals surface area contributed by atoms with Crippen LogP contribution >= 0.6 is 0 Å². The maximum absolute atomic E-state index is 11.8. The molecule has 0 bridgehead atoms. The first-order valence-electron chi connectivity index (χ1n) is 8.62. The predicted octanol–water partition coefficient (Wildman–Crippen LogP) is 6.55. The SMILES string of the molecule is CC(C)(C)CCCCCC(=O)CCCCCC(C)(C)C. The molecular formula is C19H38O. The molecular weight excluding hydrogens is 244 g/mol. The minimum Gasteiger partial charge on any atom is -0.300 e. The van der Waals surface area contributed by atoms with E-state index in [1.807, 2.05) is 0 Å². The maximum Gasteiger partial charge on any atom is 0.132 e. The predicted molar refractivity (Wildman–Crippen MR) is 90.1 cm³/mol. The average Bonchev–Trinajstić information content (AvgIpc) is 2.25. The summed E-state index contributed by atoms with van der Waals surface area (Å²) in [6.45, 7) is 13.7. The quantitative estimate of drug-likeness (QED) is 0.415. The van der Waals surface area contributed by atoms with Gasteiger partial charge in [-0.25, -0.2) is 0 Å². The van der Waals surface area contributed by atoms with Crippen molar-refractivity contribution < 1.29 is 4.79 Å². The van der Waals surface area contributed by atoms with E-state index in [0.717, 1.165) is 25.7 Å². The van der Waals surface area contributed by atoms with Crippen LogP contribution in [0.5, 0.6) is 0 Å². The second-order valence-electron chi connectivity index (χ2n) is 8.78. The van der Waals surface area contributed by atoms with E-state index >= 15 is 0 Å². The normalized spacial score (nSPS) is 12.7. The molecule has 0 aliphatic heterocycles. The van der Waals surface area contributed by atoms with Crippen molar-refractivity contribution in [2.75, 3.05) is 0 Å². The Morgan fingerprint density at radius 3 is 1.25 bits per heavy atom. The van der Waals surface area contributed by atoms with E-state index in [0.29, 0.717) is 16.6 Å². The number of hydrogen-bond acceptors (Lipinski definition) is 1. The third kappa shape index (κ3) is 15.7. The molecule has 0 saturated heterocycles. The van der Waals surface area contributed by atoms with Gasteiger partial charge in [0.2, 0.25) is 0 Å². The molecule has 0 aromatic carbocycles. The lowest BCUT2D eigenvalue weighted by Crippen LogP contribution is -2.05. The molecule has 0 radical (unpaired) electrons. The fourth-order valence-corrected chi connectivity index (χ4v) is 2.43. The van der Waals surface area contributed by atoms with E-state index in [4.69, 9.17) is 0 Å². The number of carbonyl (C=O) groups excluding carboxylic acids is 1. The van der Waals surface area contributed by atoms with Gasteiger partial charge in [-0.05, 0) is 36.5 Å². The molecule has 120 valence electrons. The molecule has 0 aromatic rings. The zero-order valence-corrected chi connectivity index (χ0v) is 15.0. The molecule has 0 amide bonds. The van der Waals surface area contributed by atoms with Crippen molar-refractivity contribution in [2.24, 2.45) is 10.8 Å². The topological polar surface area (TPSA) is 17.1 Å². The lowest BCUT2D eigenvalue weighted by Gasteiger charge is -2.17. The van der Waals surface area contributed by atoms with E-state index in [1.165, 1.54) is 38.5 Å². The molecule has 0 spiro atoms. The maximum atomic E-state index is 11.8. The highest BCUT2D eigenvalue weighted by Gasteiger charge is 2.10. The van der Waals surface area contributed by atoms with Crippen LogP contribution in [0.4, 0.5) is 0 Å². The fraction of sp³-hybridized carbons (Fsp3) is 0.947. The van der Waals surface area contributed by atoms with E-state index in [2.05, 4.69) is 41.5 Å². The first-order chi connectivity index (χ1) is 9.10. The van der Waals surface area contributed by atoms with Crippen molar-refractivity contribution >= 4 is 5.78 Å².